The van der Waals surface area contributed by atoms with Crippen molar-refractivity contribution >= 4 is 11.0 Å². The predicted molar refractivity (Wildman–Crippen MR) is 95.2 cm³/mol. The average molecular weight is 320 g/mol. The van der Waals surface area contributed by atoms with E-state index in [4.69, 9.17) is 4.42 Å². The van der Waals surface area contributed by atoms with Crippen molar-refractivity contribution in [2.45, 2.75) is 32.9 Å². The lowest BCUT2D eigenvalue weighted by atomic mass is 9.99. The molecule has 3 heteroatoms. The van der Waals surface area contributed by atoms with Gasteiger partial charge in [0.05, 0.1) is 6.54 Å². The first-order valence-corrected chi connectivity index (χ1v) is 8.69. The summed E-state index contributed by atoms with van der Waals surface area (Å²) in [6.07, 6.45) is 2.04. The van der Waals surface area contributed by atoms with E-state index in [0.717, 1.165) is 43.4 Å². The normalized spacial score (nSPS) is 17.0. The van der Waals surface area contributed by atoms with E-state index in [9.17, 15) is 4.79 Å². The Kier molecular flexibility index (Phi) is 3.95. The minimum absolute atomic E-state index is 0.248. The Balaban J connectivity index is 1.66. The molecule has 0 fully saturated rings. The van der Waals surface area contributed by atoms with Gasteiger partial charge in [0, 0.05) is 29.0 Å². The number of hydrogen-bond acceptors (Lipinski definition) is 2. The van der Waals surface area contributed by atoms with Gasteiger partial charge < -0.3 is 9.32 Å². The third-order valence-electron chi connectivity index (χ3n) is 5.05. The summed E-state index contributed by atoms with van der Waals surface area (Å²) in [5.41, 5.74) is 5.65. The van der Waals surface area contributed by atoms with Crippen LogP contribution in [0.15, 0.2) is 57.7 Å². The molecule has 0 bridgehead atoms. The number of nitrogens with one attached hydrogen (secondary N) is 1. The topological polar surface area (TPSA) is 34.7 Å². The Bertz CT molecular complexity index is 942. The van der Waals surface area contributed by atoms with Crippen LogP contribution in [0.2, 0.25) is 0 Å². The van der Waals surface area contributed by atoms with Crippen LogP contribution in [0.5, 0.6) is 0 Å². The summed E-state index contributed by atoms with van der Waals surface area (Å²) in [5, 5.41) is 1.07. The molecule has 24 heavy (non-hydrogen) atoms. The molecule has 0 saturated heterocycles. The van der Waals surface area contributed by atoms with Gasteiger partial charge in [-0.05, 0) is 23.6 Å². The smallest absolute Gasteiger partial charge is 0.336 e. The minimum Gasteiger partial charge on any atom is -0.423 e. The summed E-state index contributed by atoms with van der Waals surface area (Å²) < 4.78 is 5.43. The molecule has 1 aliphatic heterocycles. The van der Waals surface area contributed by atoms with Gasteiger partial charge in [-0.3, -0.25) is 0 Å². The van der Waals surface area contributed by atoms with Crippen LogP contribution >= 0.6 is 0 Å². The zero-order valence-corrected chi connectivity index (χ0v) is 14.0. The van der Waals surface area contributed by atoms with E-state index in [1.54, 1.807) is 6.07 Å². The number of aryl methyl sites for hydroxylation is 1. The quantitative estimate of drug-likeness (QED) is 0.753. The highest BCUT2D eigenvalue weighted by atomic mass is 16.4. The lowest BCUT2D eigenvalue weighted by molar-refractivity contribution is -0.929. The second kappa shape index (κ2) is 6.25. The molecule has 1 aromatic heterocycles. The van der Waals surface area contributed by atoms with Gasteiger partial charge in [-0.2, -0.15) is 0 Å². The van der Waals surface area contributed by atoms with E-state index >= 15 is 0 Å². The first kappa shape index (κ1) is 15.2. The molecule has 0 aliphatic carbocycles. The van der Waals surface area contributed by atoms with Crippen molar-refractivity contribution in [1.29, 1.82) is 0 Å². The van der Waals surface area contributed by atoms with E-state index in [1.165, 1.54) is 21.6 Å². The Morgan fingerprint density at radius 2 is 1.92 bits per heavy atom. The van der Waals surface area contributed by atoms with Gasteiger partial charge in [-0.15, -0.1) is 0 Å². The molecule has 0 saturated carbocycles. The van der Waals surface area contributed by atoms with Gasteiger partial charge in [0.2, 0.25) is 0 Å². The van der Waals surface area contributed by atoms with Gasteiger partial charge in [0.1, 0.15) is 18.7 Å². The molecule has 0 amide bonds. The van der Waals surface area contributed by atoms with Crippen LogP contribution in [0.4, 0.5) is 0 Å². The van der Waals surface area contributed by atoms with Crippen molar-refractivity contribution in [2.75, 3.05) is 6.54 Å². The molecule has 4 rings (SSSR count). The van der Waals surface area contributed by atoms with Crippen LogP contribution in [0.3, 0.4) is 0 Å². The lowest BCUT2D eigenvalue weighted by Crippen LogP contribution is -3.10. The fraction of sp³-hybridized carbons (Fsp3) is 0.286. The second-order valence-corrected chi connectivity index (χ2v) is 6.65. The summed E-state index contributed by atoms with van der Waals surface area (Å²) in [6, 6.07) is 16.6. The molecule has 3 aromatic rings. The van der Waals surface area contributed by atoms with E-state index < -0.39 is 0 Å². The third-order valence-corrected chi connectivity index (χ3v) is 5.05. The fourth-order valence-electron chi connectivity index (χ4n) is 3.70. The third kappa shape index (κ3) is 2.87. The highest BCUT2D eigenvalue weighted by Crippen LogP contribution is 2.19. The molecule has 3 nitrogen and oxygen atoms in total. The summed E-state index contributed by atoms with van der Waals surface area (Å²) >= 11 is 0. The zero-order chi connectivity index (χ0) is 16.5. The van der Waals surface area contributed by atoms with Crippen molar-refractivity contribution < 1.29 is 9.32 Å². The Labute approximate surface area is 141 Å². The number of rotatable bonds is 3. The predicted octanol–water partition coefficient (Wildman–Crippen LogP) is 2.50. The zero-order valence-electron chi connectivity index (χ0n) is 14.0. The van der Waals surface area contributed by atoms with E-state index in [2.05, 4.69) is 43.3 Å². The molecule has 2 aromatic carbocycles. The Hall–Kier alpha value is -2.39. The number of fused-ring (bicyclic) bond motifs is 2. The largest absolute Gasteiger partial charge is 0.423 e. The maximum Gasteiger partial charge on any atom is 0.336 e. The van der Waals surface area contributed by atoms with Crippen LogP contribution in [0.25, 0.3) is 11.0 Å². The summed E-state index contributed by atoms with van der Waals surface area (Å²) in [6.45, 7) is 5.09. The molecular formula is C21H22NO2+. The van der Waals surface area contributed by atoms with Crippen molar-refractivity contribution in [3.05, 3.63) is 81.2 Å². The number of hydrogen-bond donors (Lipinski definition) is 1. The van der Waals surface area contributed by atoms with Crippen molar-refractivity contribution in [3.63, 3.8) is 0 Å². The molecule has 2 heterocycles. The lowest BCUT2D eigenvalue weighted by Gasteiger charge is -2.26. The molecule has 1 N–H and O–H groups in total. The highest BCUT2D eigenvalue weighted by molar-refractivity contribution is 5.80. The van der Waals surface area contributed by atoms with E-state index in [0.29, 0.717) is 5.58 Å². The fourth-order valence-corrected chi connectivity index (χ4v) is 3.70. The Morgan fingerprint density at radius 1 is 1.08 bits per heavy atom. The monoisotopic (exact) mass is 320 g/mol. The van der Waals surface area contributed by atoms with Crippen molar-refractivity contribution in [3.8, 4) is 0 Å². The van der Waals surface area contributed by atoms with Crippen LogP contribution < -0.4 is 10.5 Å². The molecule has 1 unspecified atom stereocenters. The molecule has 0 radical (unpaired) electrons. The maximum absolute atomic E-state index is 12.0. The van der Waals surface area contributed by atoms with Crippen molar-refractivity contribution in [2.24, 2.45) is 0 Å². The van der Waals surface area contributed by atoms with Gasteiger partial charge in [0.25, 0.3) is 0 Å². The molecular weight excluding hydrogens is 298 g/mol. The SMILES string of the molecule is CCc1ccc2c(C[NH+]3CCc4ccccc4C3)cc(=O)oc2c1. The van der Waals surface area contributed by atoms with Crippen molar-refractivity contribution in [1.82, 2.24) is 0 Å². The van der Waals surface area contributed by atoms with E-state index in [1.807, 2.05) is 6.07 Å². The molecule has 1 aliphatic rings. The first-order chi connectivity index (χ1) is 11.7. The van der Waals surface area contributed by atoms with Crippen LogP contribution in [-0.2, 0) is 25.9 Å². The summed E-state index contributed by atoms with van der Waals surface area (Å²) in [7, 11) is 0. The van der Waals surface area contributed by atoms with E-state index in [-0.39, 0.29) is 5.63 Å². The van der Waals surface area contributed by atoms with Crippen LogP contribution in [-0.4, -0.2) is 6.54 Å². The van der Waals surface area contributed by atoms with Crippen LogP contribution in [0, 0.1) is 0 Å². The highest BCUT2D eigenvalue weighted by Gasteiger charge is 2.20. The summed E-state index contributed by atoms with van der Waals surface area (Å²) in [4.78, 5) is 13.5. The standard InChI is InChI=1S/C21H21NO2/c1-2-15-7-8-19-18(12-21(23)24-20(19)11-15)14-22-10-9-16-5-3-4-6-17(16)13-22/h3-8,11-12H,2,9-10,13-14H2,1H3/p+1. The average Bonchev–Trinajstić information content (AvgIpc) is 2.61. The van der Waals surface area contributed by atoms with Gasteiger partial charge in [0.15, 0.2) is 0 Å². The van der Waals surface area contributed by atoms with Gasteiger partial charge >= 0.3 is 5.63 Å². The first-order valence-electron chi connectivity index (χ1n) is 8.69. The number of quaternary nitrogens is 1. The summed E-state index contributed by atoms with van der Waals surface area (Å²) in [5.74, 6) is 0. The molecule has 0 spiro atoms. The Morgan fingerprint density at radius 3 is 2.75 bits per heavy atom. The van der Waals surface area contributed by atoms with Crippen LogP contribution in [0.1, 0.15) is 29.2 Å². The van der Waals surface area contributed by atoms with Gasteiger partial charge in [-0.1, -0.05) is 43.3 Å². The maximum atomic E-state index is 12.0. The molecule has 1 atom stereocenters. The molecule has 122 valence electrons. The number of benzene rings is 2. The van der Waals surface area contributed by atoms with Gasteiger partial charge in [-0.25, -0.2) is 4.79 Å². The second-order valence-electron chi connectivity index (χ2n) is 6.65. The minimum atomic E-state index is -0.248.